The number of ether oxygens (including phenoxy) is 2. The van der Waals surface area contributed by atoms with E-state index in [1.807, 2.05) is 0 Å². The molecule has 0 aliphatic carbocycles. The Morgan fingerprint density at radius 1 is 0.327 bits per heavy atom. The molecular weight excluding hydrogens is 604 g/mol. The van der Waals surface area contributed by atoms with E-state index in [9.17, 15) is 9.59 Å². The molecule has 0 heterocycles. The summed E-state index contributed by atoms with van der Waals surface area (Å²) in [5.41, 5.74) is 0. The first-order valence-corrected chi connectivity index (χ1v) is 21.8. The van der Waals surface area contributed by atoms with Crippen LogP contribution < -0.4 is 0 Å². The summed E-state index contributed by atoms with van der Waals surface area (Å²) in [4.78, 5) is 24.0. The van der Waals surface area contributed by atoms with Crippen molar-refractivity contribution in [3.8, 4) is 0 Å². The van der Waals surface area contributed by atoms with Crippen LogP contribution in [0.3, 0.4) is 0 Å². The third-order valence-electron chi connectivity index (χ3n) is 9.60. The third kappa shape index (κ3) is 42.5. The fourth-order valence-corrected chi connectivity index (χ4v) is 6.28. The van der Waals surface area contributed by atoms with Gasteiger partial charge in [-0.3, -0.25) is 9.59 Å². The molecule has 0 N–H and O–H groups in total. The van der Waals surface area contributed by atoms with E-state index in [0.29, 0.717) is 26.1 Å². The monoisotopic (exact) mass is 689 g/mol. The zero-order valence-electron chi connectivity index (χ0n) is 33.1. The molecule has 0 aromatic carbocycles. The first kappa shape index (κ1) is 47.4. The van der Waals surface area contributed by atoms with Crippen LogP contribution in [0.4, 0.5) is 0 Å². The standard InChI is InChI=1S/C45H84O4/c1-3-5-7-9-11-13-15-17-19-21-23-25-27-29-34-38-42-48-44(46)40-36-32-31-33-37-41-45(47)49-43-39-35-30-28-26-24-22-20-18-16-14-12-10-8-6-4-2/h17-20H,3-16,21-43H2,1-2H3. The lowest BCUT2D eigenvalue weighted by Crippen LogP contribution is -2.06. The number of allylic oxidation sites excluding steroid dienone is 4. The molecule has 0 fully saturated rings. The smallest absolute Gasteiger partial charge is 0.305 e. The number of carbonyl (C=O) groups excluding carboxylic acids is 2. The first-order chi connectivity index (χ1) is 24.2. The van der Waals surface area contributed by atoms with Crippen LogP contribution in [0.25, 0.3) is 0 Å². The third-order valence-corrected chi connectivity index (χ3v) is 9.60. The maximum atomic E-state index is 12.0. The summed E-state index contributed by atoms with van der Waals surface area (Å²) in [6, 6.07) is 0. The van der Waals surface area contributed by atoms with Crippen LogP contribution in [0.1, 0.15) is 239 Å². The fourth-order valence-electron chi connectivity index (χ4n) is 6.28. The predicted molar refractivity (Wildman–Crippen MR) is 213 cm³/mol. The molecule has 0 bridgehead atoms. The summed E-state index contributed by atoms with van der Waals surface area (Å²) in [5, 5.41) is 0. The van der Waals surface area contributed by atoms with Gasteiger partial charge in [-0.25, -0.2) is 0 Å². The molecule has 288 valence electrons. The quantitative estimate of drug-likeness (QED) is 0.0365. The Hall–Kier alpha value is -1.58. The van der Waals surface area contributed by atoms with Gasteiger partial charge in [-0.2, -0.15) is 0 Å². The zero-order chi connectivity index (χ0) is 35.6. The van der Waals surface area contributed by atoms with Crippen LogP contribution in [-0.4, -0.2) is 25.2 Å². The van der Waals surface area contributed by atoms with Crippen molar-refractivity contribution in [1.29, 1.82) is 0 Å². The van der Waals surface area contributed by atoms with Gasteiger partial charge < -0.3 is 9.47 Å². The molecule has 0 rings (SSSR count). The molecule has 0 unspecified atom stereocenters. The average molecular weight is 689 g/mol. The van der Waals surface area contributed by atoms with E-state index in [1.54, 1.807) is 0 Å². The van der Waals surface area contributed by atoms with Crippen molar-refractivity contribution in [2.45, 2.75) is 239 Å². The van der Waals surface area contributed by atoms with Gasteiger partial charge in [0.05, 0.1) is 13.2 Å². The molecule has 0 amide bonds. The van der Waals surface area contributed by atoms with Crippen molar-refractivity contribution in [3.63, 3.8) is 0 Å². The highest BCUT2D eigenvalue weighted by molar-refractivity contribution is 5.69. The molecule has 4 heteroatoms. The molecule has 0 spiro atoms. The van der Waals surface area contributed by atoms with Crippen molar-refractivity contribution < 1.29 is 19.1 Å². The Morgan fingerprint density at radius 3 is 0.878 bits per heavy atom. The molecule has 0 atom stereocenters. The molecule has 0 aliphatic rings. The maximum absolute atomic E-state index is 12.0. The predicted octanol–water partition coefficient (Wildman–Crippen LogP) is 14.9. The van der Waals surface area contributed by atoms with Crippen molar-refractivity contribution in [1.82, 2.24) is 0 Å². The average Bonchev–Trinajstić information content (AvgIpc) is 3.10. The normalized spacial score (nSPS) is 11.6. The Balaban J connectivity index is 3.29. The molecule has 0 saturated heterocycles. The summed E-state index contributed by atoms with van der Waals surface area (Å²) >= 11 is 0. The van der Waals surface area contributed by atoms with E-state index >= 15 is 0 Å². The number of esters is 2. The lowest BCUT2D eigenvalue weighted by Gasteiger charge is -2.06. The van der Waals surface area contributed by atoms with Crippen LogP contribution in [-0.2, 0) is 19.1 Å². The van der Waals surface area contributed by atoms with E-state index in [0.717, 1.165) is 57.8 Å². The van der Waals surface area contributed by atoms with E-state index in [-0.39, 0.29) is 11.9 Å². The molecule has 0 saturated carbocycles. The Labute approximate surface area is 306 Å². The van der Waals surface area contributed by atoms with Gasteiger partial charge in [-0.1, -0.05) is 173 Å². The Bertz CT molecular complexity index is 668. The van der Waals surface area contributed by atoms with Crippen molar-refractivity contribution >= 4 is 11.9 Å². The zero-order valence-corrected chi connectivity index (χ0v) is 33.1. The minimum Gasteiger partial charge on any atom is -0.466 e. The maximum Gasteiger partial charge on any atom is 0.305 e. The van der Waals surface area contributed by atoms with E-state index in [1.165, 1.54) is 154 Å². The van der Waals surface area contributed by atoms with Crippen LogP contribution in [0.5, 0.6) is 0 Å². The van der Waals surface area contributed by atoms with E-state index in [2.05, 4.69) is 38.2 Å². The second-order valence-electron chi connectivity index (χ2n) is 14.6. The number of carbonyl (C=O) groups is 2. The molecule has 0 aromatic heterocycles. The summed E-state index contributed by atoms with van der Waals surface area (Å²) < 4.78 is 10.8. The number of unbranched alkanes of at least 4 members (excludes halogenated alkanes) is 28. The fraction of sp³-hybridized carbons (Fsp3) is 0.867. The van der Waals surface area contributed by atoms with Gasteiger partial charge in [0.2, 0.25) is 0 Å². The largest absolute Gasteiger partial charge is 0.466 e. The second kappa shape index (κ2) is 42.6. The topological polar surface area (TPSA) is 52.6 Å². The highest BCUT2D eigenvalue weighted by Gasteiger charge is 2.05. The van der Waals surface area contributed by atoms with Crippen molar-refractivity contribution in [2.24, 2.45) is 0 Å². The first-order valence-electron chi connectivity index (χ1n) is 21.8. The summed E-state index contributed by atoms with van der Waals surface area (Å²) in [6.45, 7) is 5.69. The highest BCUT2D eigenvalue weighted by Crippen LogP contribution is 2.13. The molecule has 49 heavy (non-hydrogen) atoms. The van der Waals surface area contributed by atoms with E-state index in [4.69, 9.17) is 9.47 Å². The van der Waals surface area contributed by atoms with Gasteiger partial charge in [-0.05, 0) is 77.0 Å². The molecule has 4 nitrogen and oxygen atoms in total. The minimum atomic E-state index is -0.0532. The van der Waals surface area contributed by atoms with Gasteiger partial charge in [0, 0.05) is 12.8 Å². The number of rotatable bonds is 40. The minimum absolute atomic E-state index is 0.0532. The number of hydrogen-bond donors (Lipinski definition) is 0. The lowest BCUT2D eigenvalue weighted by atomic mass is 10.1. The summed E-state index contributed by atoms with van der Waals surface area (Å²) in [5.74, 6) is -0.106. The molecule has 0 radical (unpaired) electrons. The lowest BCUT2D eigenvalue weighted by molar-refractivity contribution is -0.144. The molecule has 0 aliphatic heterocycles. The van der Waals surface area contributed by atoms with Crippen LogP contribution in [0.15, 0.2) is 24.3 Å². The van der Waals surface area contributed by atoms with E-state index < -0.39 is 0 Å². The van der Waals surface area contributed by atoms with Crippen molar-refractivity contribution in [3.05, 3.63) is 24.3 Å². The Morgan fingerprint density at radius 2 is 0.571 bits per heavy atom. The van der Waals surface area contributed by atoms with Gasteiger partial charge in [0.15, 0.2) is 0 Å². The Kier molecular flexibility index (Phi) is 41.2. The van der Waals surface area contributed by atoms with Crippen LogP contribution in [0, 0.1) is 0 Å². The van der Waals surface area contributed by atoms with Gasteiger partial charge in [-0.15, -0.1) is 0 Å². The summed E-state index contributed by atoms with van der Waals surface area (Å²) in [7, 11) is 0. The van der Waals surface area contributed by atoms with Gasteiger partial charge >= 0.3 is 11.9 Å². The van der Waals surface area contributed by atoms with Gasteiger partial charge in [0.1, 0.15) is 0 Å². The second-order valence-corrected chi connectivity index (χ2v) is 14.6. The van der Waals surface area contributed by atoms with Crippen molar-refractivity contribution in [2.75, 3.05) is 13.2 Å². The summed E-state index contributed by atoms with van der Waals surface area (Å²) in [6.07, 6.45) is 51.4. The van der Waals surface area contributed by atoms with Gasteiger partial charge in [0.25, 0.3) is 0 Å². The molecular formula is C45H84O4. The highest BCUT2D eigenvalue weighted by atomic mass is 16.5. The SMILES string of the molecule is CCCCCCCCC=CCCCCCCCCOC(=O)CCCCCCCC(=O)OCCCCCCCCC=CCCCCCCCC. The number of hydrogen-bond acceptors (Lipinski definition) is 4. The molecule has 0 aromatic rings. The van der Waals surface area contributed by atoms with Crippen LogP contribution >= 0.6 is 0 Å². The van der Waals surface area contributed by atoms with Crippen LogP contribution in [0.2, 0.25) is 0 Å².